The molecule has 1 atom stereocenters. The van der Waals surface area contributed by atoms with Gasteiger partial charge in [0, 0.05) is 39.8 Å². The maximum atomic E-state index is 12.3. The summed E-state index contributed by atoms with van der Waals surface area (Å²) in [4.78, 5) is 27.3. The van der Waals surface area contributed by atoms with Crippen molar-refractivity contribution >= 4 is 17.5 Å². The molecule has 0 aromatic carbocycles. The predicted molar refractivity (Wildman–Crippen MR) is 87.2 cm³/mol. The molecular formula is C16H25N5O. The van der Waals surface area contributed by atoms with Gasteiger partial charge in [-0.25, -0.2) is 9.97 Å². The van der Waals surface area contributed by atoms with E-state index < -0.39 is 0 Å². The normalized spacial score (nSPS) is 22.0. The molecule has 1 aromatic rings. The maximum Gasteiger partial charge on any atom is 0.244 e. The van der Waals surface area contributed by atoms with Crippen LogP contribution in [-0.4, -0.2) is 60.5 Å². The Morgan fingerprint density at radius 1 is 1.09 bits per heavy atom. The Bertz CT molecular complexity index is 527. The lowest BCUT2D eigenvalue weighted by Crippen LogP contribution is -2.43. The smallest absolute Gasteiger partial charge is 0.244 e. The zero-order chi connectivity index (χ0) is 15.5. The molecular weight excluding hydrogens is 278 g/mol. The molecule has 2 saturated heterocycles. The second-order valence-corrected chi connectivity index (χ2v) is 6.37. The third-order valence-electron chi connectivity index (χ3n) is 4.59. The van der Waals surface area contributed by atoms with E-state index in [1.165, 1.54) is 19.3 Å². The van der Waals surface area contributed by atoms with Crippen molar-refractivity contribution in [3.05, 3.63) is 12.4 Å². The minimum absolute atomic E-state index is 0.0842. The number of rotatable bonds is 3. The molecule has 22 heavy (non-hydrogen) atoms. The molecule has 1 aromatic heterocycles. The van der Waals surface area contributed by atoms with E-state index in [4.69, 9.17) is 0 Å². The molecule has 2 fully saturated rings. The predicted octanol–water partition coefficient (Wildman–Crippen LogP) is 1.52. The summed E-state index contributed by atoms with van der Waals surface area (Å²) in [6, 6.07) is 1.96. The van der Waals surface area contributed by atoms with Gasteiger partial charge in [0.05, 0.1) is 0 Å². The van der Waals surface area contributed by atoms with E-state index in [1.807, 2.05) is 20.2 Å². The van der Waals surface area contributed by atoms with Crippen molar-refractivity contribution in [1.29, 1.82) is 0 Å². The summed E-state index contributed by atoms with van der Waals surface area (Å²) in [5, 5.41) is 0. The lowest BCUT2D eigenvalue weighted by atomic mass is 10.1. The van der Waals surface area contributed by atoms with Crippen LogP contribution in [0.2, 0.25) is 0 Å². The lowest BCUT2D eigenvalue weighted by molar-refractivity contribution is -0.129. The van der Waals surface area contributed by atoms with Gasteiger partial charge in [0.25, 0.3) is 0 Å². The van der Waals surface area contributed by atoms with Crippen molar-refractivity contribution in [2.24, 2.45) is 0 Å². The van der Waals surface area contributed by atoms with Crippen LogP contribution in [0.5, 0.6) is 0 Å². The first-order valence-corrected chi connectivity index (χ1v) is 8.21. The Labute approximate surface area is 132 Å². The third kappa shape index (κ3) is 3.00. The minimum atomic E-state index is -0.0842. The average molecular weight is 303 g/mol. The Morgan fingerprint density at radius 3 is 2.55 bits per heavy atom. The molecule has 0 saturated carbocycles. The van der Waals surface area contributed by atoms with Crippen molar-refractivity contribution in [2.45, 2.75) is 38.1 Å². The van der Waals surface area contributed by atoms with E-state index in [2.05, 4.69) is 19.8 Å². The summed E-state index contributed by atoms with van der Waals surface area (Å²) in [6.07, 6.45) is 7.33. The first-order chi connectivity index (χ1) is 10.7. The Balaban J connectivity index is 1.80. The summed E-state index contributed by atoms with van der Waals surface area (Å²) in [7, 11) is 3.63. The summed E-state index contributed by atoms with van der Waals surface area (Å²) in [6.45, 7) is 3.02. The molecule has 3 heterocycles. The van der Waals surface area contributed by atoms with E-state index in [1.54, 1.807) is 11.2 Å². The van der Waals surface area contributed by atoms with Crippen molar-refractivity contribution < 1.29 is 4.79 Å². The molecule has 1 amide bonds. The Morgan fingerprint density at radius 2 is 1.82 bits per heavy atom. The molecule has 0 radical (unpaired) electrons. The maximum absolute atomic E-state index is 12.3. The molecule has 6 heteroatoms. The van der Waals surface area contributed by atoms with Gasteiger partial charge in [-0.3, -0.25) is 4.79 Å². The van der Waals surface area contributed by atoms with Crippen LogP contribution in [0.25, 0.3) is 0 Å². The summed E-state index contributed by atoms with van der Waals surface area (Å²) >= 11 is 0. The summed E-state index contributed by atoms with van der Waals surface area (Å²) in [5.41, 5.74) is 0. The highest BCUT2D eigenvalue weighted by Crippen LogP contribution is 2.27. The van der Waals surface area contributed by atoms with Crippen LogP contribution < -0.4 is 9.80 Å². The molecule has 120 valence electrons. The second kappa shape index (κ2) is 6.50. The summed E-state index contributed by atoms with van der Waals surface area (Å²) < 4.78 is 0. The van der Waals surface area contributed by atoms with Crippen LogP contribution in [0, 0.1) is 0 Å². The average Bonchev–Trinajstić information content (AvgIpc) is 3.04. The number of aromatic nitrogens is 2. The molecule has 1 unspecified atom stereocenters. The van der Waals surface area contributed by atoms with Gasteiger partial charge in [-0.15, -0.1) is 0 Å². The largest absolute Gasteiger partial charge is 0.356 e. The number of carbonyl (C=O) groups excluding carboxylic acids is 1. The number of hydrogen-bond donors (Lipinski definition) is 0. The van der Waals surface area contributed by atoms with Gasteiger partial charge in [-0.1, -0.05) is 0 Å². The van der Waals surface area contributed by atoms with Crippen LogP contribution in [-0.2, 0) is 4.79 Å². The van der Waals surface area contributed by atoms with Crippen molar-refractivity contribution in [3.63, 3.8) is 0 Å². The lowest BCUT2D eigenvalue weighted by Gasteiger charge is -2.30. The van der Waals surface area contributed by atoms with E-state index in [0.717, 1.165) is 44.1 Å². The summed E-state index contributed by atoms with van der Waals surface area (Å²) in [5.74, 6) is 2.04. The molecule has 0 N–H and O–H groups in total. The van der Waals surface area contributed by atoms with Crippen LogP contribution in [0.1, 0.15) is 32.1 Å². The van der Waals surface area contributed by atoms with E-state index >= 15 is 0 Å². The van der Waals surface area contributed by atoms with Gasteiger partial charge in [-0.2, -0.15) is 0 Å². The zero-order valence-corrected chi connectivity index (χ0v) is 13.5. The first kappa shape index (κ1) is 15.1. The zero-order valence-electron chi connectivity index (χ0n) is 13.5. The fourth-order valence-corrected chi connectivity index (χ4v) is 3.39. The number of likely N-dealkylation sites (N-methyl/N-ethyl adjacent to an activating group) is 1. The van der Waals surface area contributed by atoms with Crippen LogP contribution >= 0.6 is 0 Å². The highest BCUT2D eigenvalue weighted by molar-refractivity contribution is 5.85. The molecule has 3 rings (SSSR count). The minimum Gasteiger partial charge on any atom is -0.356 e. The van der Waals surface area contributed by atoms with Crippen molar-refractivity contribution in [2.75, 3.05) is 43.5 Å². The van der Waals surface area contributed by atoms with Gasteiger partial charge >= 0.3 is 0 Å². The van der Waals surface area contributed by atoms with Gasteiger partial charge in [-0.05, 0) is 32.1 Å². The van der Waals surface area contributed by atoms with E-state index in [9.17, 15) is 4.79 Å². The number of carbonyl (C=O) groups is 1. The number of hydrogen-bond acceptors (Lipinski definition) is 5. The second-order valence-electron chi connectivity index (χ2n) is 6.37. The van der Waals surface area contributed by atoms with Crippen LogP contribution in [0.15, 0.2) is 12.4 Å². The first-order valence-electron chi connectivity index (χ1n) is 8.21. The standard InChI is InChI=1S/C16H25N5O/c1-19(2)16(22)13-7-6-10-21(13)15-11-14(17-12-18-15)20-8-4-3-5-9-20/h11-13H,3-10H2,1-2H3. The molecule has 0 spiro atoms. The van der Waals surface area contributed by atoms with Crippen LogP contribution in [0.3, 0.4) is 0 Å². The number of piperidine rings is 1. The molecule has 0 aliphatic carbocycles. The van der Waals surface area contributed by atoms with Gasteiger partial charge < -0.3 is 14.7 Å². The highest BCUT2D eigenvalue weighted by atomic mass is 16.2. The molecule has 2 aliphatic heterocycles. The van der Waals surface area contributed by atoms with Crippen molar-refractivity contribution in [1.82, 2.24) is 14.9 Å². The fourth-order valence-electron chi connectivity index (χ4n) is 3.39. The van der Waals surface area contributed by atoms with Crippen molar-refractivity contribution in [3.8, 4) is 0 Å². The molecule has 0 bridgehead atoms. The van der Waals surface area contributed by atoms with E-state index in [-0.39, 0.29) is 11.9 Å². The fraction of sp³-hybridized carbons (Fsp3) is 0.688. The SMILES string of the molecule is CN(C)C(=O)C1CCCN1c1cc(N2CCCCC2)ncn1. The van der Waals surface area contributed by atoms with E-state index in [0.29, 0.717) is 0 Å². The Kier molecular flexibility index (Phi) is 4.45. The van der Waals surface area contributed by atoms with Gasteiger partial charge in [0.1, 0.15) is 24.0 Å². The monoisotopic (exact) mass is 303 g/mol. The molecule has 2 aliphatic rings. The van der Waals surface area contributed by atoms with Crippen LogP contribution in [0.4, 0.5) is 11.6 Å². The topological polar surface area (TPSA) is 52.6 Å². The Hall–Kier alpha value is -1.85. The quantitative estimate of drug-likeness (QED) is 0.847. The molecule has 6 nitrogen and oxygen atoms in total. The van der Waals surface area contributed by atoms with Gasteiger partial charge in [0.15, 0.2) is 0 Å². The number of anilines is 2. The number of amides is 1. The number of nitrogens with zero attached hydrogens (tertiary/aromatic N) is 5. The highest BCUT2D eigenvalue weighted by Gasteiger charge is 2.33. The third-order valence-corrected chi connectivity index (χ3v) is 4.59. The van der Waals surface area contributed by atoms with Gasteiger partial charge in [0.2, 0.25) is 5.91 Å².